The van der Waals surface area contributed by atoms with Crippen molar-refractivity contribution in [2.45, 2.75) is 19.3 Å². The number of carbonyl (C=O) groups excluding carboxylic acids is 1. The highest BCUT2D eigenvalue weighted by atomic mass is 19.1. The van der Waals surface area contributed by atoms with Crippen LogP contribution in [0.2, 0.25) is 0 Å². The Morgan fingerprint density at radius 3 is 2.64 bits per heavy atom. The number of rotatable bonds is 7. The van der Waals surface area contributed by atoms with Crippen LogP contribution in [0.5, 0.6) is 0 Å². The highest BCUT2D eigenvalue weighted by Crippen LogP contribution is 2.20. The number of aliphatic hydroxyl groups is 1. The lowest BCUT2D eigenvalue weighted by molar-refractivity contribution is 0.0952. The average Bonchev–Trinajstić information content (AvgIpc) is 3.05. The Morgan fingerprint density at radius 1 is 1.08 bits per heavy atom. The van der Waals surface area contributed by atoms with Crippen molar-refractivity contribution in [3.63, 3.8) is 0 Å². The molecule has 6 heteroatoms. The van der Waals surface area contributed by atoms with Crippen LogP contribution in [0, 0.1) is 5.82 Å². The molecular weight excluding hydrogens is 321 g/mol. The standard InChI is InChI=1S/C19H20FN3O2/c20-16-7-4-14(5-8-16)17-13-23-12-15(6-9-18(23)22-17)19(25)21-10-2-1-3-11-24/h4-9,12-13,24H,1-3,10-11H2,(H,21,25). The number of pyridine rings is 1. The van der Waals surface area contributed by atoms with Gasteiger partial charge in [-0.25, -0.2) is 9.37 Å². The molecule has 3 rings (SSSR count). The van der Waals surface area contributed by atoms with Crippen molar-refractivity contribution < 1.29 is 14.3 Å². The maximum atomic E-state index is 13.0. The van der Waals surface area contributed by atoms with Gasteiger partial charge in [0.1, 0.15) is 11.5 Å². The summed E-state index contributed by atoms with van der Waals surface area (Å²) in [6, 6.07) is 9.67. The van der Waals surface area contributed by atoms with Crippen molar-refractivity contribution in [1.82, 2.24) is 14.7 Å². The van der Waals surface area contributed by atoms with E-state index in [2.05, 4.69) is 10.3 Å². The van der Waals surface area contributed by atoms with Gasteiger partial charge >= 0.3 is 0 Å². The molecule has 130 valence electrons. The molecule has 0 radical (unpaired) electrons. The summed E-state index contributed by atoms with van der Waals surface area (Å²) in [4.78, 5) is 16.7. The molecule has 0 saturated heterocycles. The Kier molecular flexibility index (Phi) is 5.40. The second-order valence-corrected chi connectivity index (χ2v) is 5.86. The van der Waals surface area contributed by atoms with Gasteiger partial charge < -0.3 is 14.8 Å². The average molecular weight is 341 g/mol. The van der Waals surface area contributed by atoms with Crippen molar-refractivity contribution in [2.75, 3.05) is 13.2 Å². The first-order valence-electron chi connectivity index (χ1n) is 8.31. The number of fused-ring (bicyclic) bond motifs is 1. The number of carbonyl (C=O) groups is 1. The van der Waals surface area contributed by atoms with Crippen LogP contribution in [0.25, 0.3) is 16.9 Å². The SMILES string of the molecule is O=C(NCCCCCO)c1ccc2nc(-c3ccc(F)cc3)cn2c1. The zero-order valence-corrected chi connectivity index (χ0v) is 13.8. The molecule has 0 spiro atoms. The Labute approximate surface area is 145 Å². The summed E-state index contributed by atoms with van der Waals surface area (Å²) in [7, 11) is 0. The van der Waals surface area contributed by atoms with Gasteiger partial charge in [0, 0.05) is 31.1 Å². The first-order chi connectivity index (χ1) is 12.2. The van der Waals surface area contributed by atoms with Gasteiger partial charge in [-0.15, -0.1) is 0 Å². The quantitative estimate of drug-likeness (QED) is 0.649. The Morgan fingerprint density at radius 2 is 1.88 bits per heavy atom. The zero-order valence-electron chi connectivity index (χ0n) is 13.8. The monoisotopic (exact) mass is 341 g/mol. The first-order valence-corrected chi connectivity index (χ1v) is 8.31. The third-order valence-corrected chi connectivity index (χ3v) is 3.97. The van der Waals surface area contributed by atoms with Crippen LogP contribution in [-0.2, 0) is 0 Å². The number of hydrogen-bond acceptors (Lipinski definition) is 3. The van der Waals surface area contributed by atoms with Gasteiger partial charge in [-0.2, -0.15) is 0 Å². The molecule has 0 fully saturated rings. The summed E-state index contributed by atoms with van der Waals surface area (Å²) in [5, 5.41) is 11.6. The van der Waals surface area contributed by atoms with E-state index >= 15 is 0 Å². The summed E-state index contributed by atoms with van der Waals surface area (Å²) < 4.78 is 14.8. The Hall–Kier alpha value is -2.73. The van der Waals surface area contributed by atoms with Crippen LogP contribution in [0.1, 0.15) is 29.6 Å². The topological polar surface area (TPSA) is 66.6 Å². The number of aliphatic hydroxyl groups excluding tert-OH is 1. The van der Waals surface area contributed by atoms with Gasteiger partial charge in [0.25, 0.3) is 5.91 Å². The minimum absolute atomic E-state index is 0.136. The number of imidazole rings is 1. The fraction of sp³-hybridized carbons (Fsp3) is 0.263. The van der Waals surface area contributed by atoms with E-state index in [1.54, 1.807) is 34.9 Å². The van der Waals surface area contributed by atoms with Gasteiger partial charge in [-0.3, -0.25) is 4.79 Å². The van der Waals surface area contributed by atoms with E-state index in [4.69, 9.17) is 5.11 Å². The molecule has 2 aromatic heterocycles. The van der Waals surface area contributed by atoms with Crippen molar-refractivity contribution in [2.24, 2.45) is 0 Å². The van der Waals surface area contributed by atoms with Gasteiger partial charge in [-0.1, -0.05) is 0 Å². The van der Waals surface area contributed by atoms with Crippen LogP contribution >= 0.6 is 0 Å². The molecule has 0 aliphatic heterocycles. The number of nitrogens with zero attached hydrogens (tertiary/aromatic N) is 2. The maximum Gasteiger partial charge on any atom is 0.252 e. The third-order valence-electron chi connectivity index (χ3n) is 3.97. The molecule has 0 atom stereocenters. The highest BCUT2D eigenvalue weighted by Gasteiger charge is 2.09. The molecule has 0 saturated carbocycles. The van der Waals surface area contributed by atoms with Crippen molar-refractivity contribution in [1.29, 1.82) is 0 Å². The van der Waals surface area contributed by atoms with Crippen LogP contribution in [0.4, 0.5) is 4.39 Å². The van der Waals surface area contributed by atoms with E-state index in [1.807, 2.05) is 6.20 Å². The highest BCUT2D eigenvalue weighted by molar-refractivity contribution is 5.94. The molecule has 1 aromatic carbocycles. The molecule has 0 aliphatic carbocycles. The molecule has 2 heterocycles. The molecule has 3 aromatic rings. The lowest BCUT2D eigenvalue weighted by Crippen LogP contribution is -2.24. The molecule has 0 unspecified atom stereocenters. The van der Waals surface area contributed by atoms with E-state index in [9.17, 15) is 9.18 Å². The molecule has 0 bridgehead atoms. The summed E-state index contributed by atoms with van der Waals surface area (Å²) in [5.74, 6) is -0.423. The summed E-state index contributed by atoms with van der Waals surface area (Å²) in [5.41, 5.74) is 2.82. The molecular formula is C19H20FN3O2. The smallest absolute Gasteiger partial charge is 0.252 e. The normalized spacial score (nSPS) is 11.0. The Bertz CT molecular complexity index is 859. The summed E-state index contributed by atoms with van der Waals surface area (Å²) >= 11 is 0. The molecule has 0 aliphatic rings. The number of unbranched alkanes of at least 4 members (excludes halogenated alkanes) is 2. The predicted octanol–water partition coefficient (Wildman–Crippen LogP) is 3.03. The van der Waals surface area contributed by atoms with Crippen LogP contribution in [0.3, 0.4) is 0 Å². The van der Waals surface area contributed by atoms with Crippen LogP contribution in [-0.4, -0.2) is 33.6 Å². The predicted molar refractivity (Wildman–Crippen MR) is 93.9 cm³/mol. The zero-order chi connectivity index (χ0) is 17.6. The van der Waals surface area contributed by atoms with Crippen LogP contribution < -0.4 is 5.32 Å². The largest absolute Gasteiger partial charge is 0.396 e. The van der Waals surface area contributed by atoms with E-state index in [-0.39, 0.29) is 18.3 Å². The molecule has 5 nitrogen and oxygen atoms in total. The fourth-order valence-corrected chi connectivity index (χ4v) is 2.60. The minimum Gasteiger partial charge on any atom is -0.396 e. The number of aromatic nitrogens is 2. The van der Waals surface area contributed by atoms with E-state index in [0.717, 1.165) is 36.2 Å². The summed E-state index contributed by atoms with van der Waals surface area (Å²) in [6.45, 7) is 0.767. The number of halogens is 1. The van der Waals surface area contributed by atoms with Gasteiger partial charge in [-0.05, 0) is 55.7 Å². The van der Waals surface area contributed by atoms with Crippen molar-refractivity contribution in [3.8, 4) is 11.3 Å². The van der Waals surface area contributed by atoms with Crippen LogP contribution in [0.15, 0.2) is 48.8 Å². The minimum atomic E-state index is -0.287. The fourth-order valence-electron chi connectivity index (χ4n) is 2.60. The lowest BCUT2D eigenvalue weighted by Gasteiger charge is -2.05. The van der Waals surface area contributed by atoms with Crippen molar-refractivity contribution in [3.05, 3.63) is 60.2 Å². The number of amides is 1. The van der Waals surface area contributed by atoms with E-state index in [0.29, 0.717) is 12.1 Å². The second-order valence-electron chi connectivity index (χ2n) is 5.86. The van der Waals surface area contributed by atoms with E-state index < -0.39 is 0 Å². The Balaban J connectivity index is 1.71. The maximum absolute atomic E-state index is 13.0. The van der Waals surface area contributed by atoms with Gasteiger partial charge in [0.05, 0.1) is 11.3 Å². The third kappa shape index (κ3) is 4.22. The van der Waals surface area contributed by atoms with Crippen molar-refractivity contribution >= 4 is 11.6 Å². The lowest BCUT2D eigenvalue weighted by atomic mass is 10.2. The molecule has 1 amide bonds. The molecule has 2 N–H and O–H groups in total. The number of hydrogen-bond donors (Lipinski definition) is 2. The number of nitrogens with one attached hydrogen (secondary N) is 1. The second kappa shape index (κ2) is 7.90. The number of benzene rings is 1. The first kappa shape index (κ1) is 17.1. The molecule has 25 heavy (non-hydrogen) atoms. The summed E-state index contributed by atoms with van der Waals surface area (Å²) in [6.07, 6.45) is 6.04. The van der Waals surface area contributed by atoms with E-state index in [1.165, 1.54) is 12.1 Å². The van der Waals surface area contributed by atoms with Gasteiger partial charge in [0.2, 0.25) is 0 Å². The van der Waals surface area contributed by atoms with Gasteiger partial charge in [0.15, 0.2) is 0 Å².